The van der Waals surface area contributed by atoms with Gasteiger partial charge in [-0.25, -0.2) is 0 Å². The molecular weight excluding hydrogens is 184 g/mol. The van der Waals surface area contributed by atoms with Crippen molar-refractivity contribution in [3.05, 3.63) is 0 Å². The molecule has 0 rings (SSSR count). The van der Waals surface area contributed by atoms with Crippen LogP contribution in [-0.4, -0.2) is 30.1 Å². The van der Waals surface area contributed by atoms with E-state index < -0.39 is 0 Å². The number of hydrogen-bond acceptors (Lipinski definition) is 2. The summed E-state index contributed by atoms with van der Waals surface area (Å²) in [5.41, 5.74) is 5.89. The Hall–Kier alpha value is -0.0800. The van der Waals surface area contributed by atoms with E-state index in [1.54, 1.807) is 0 Å². The molecule has 0 radical (unpaired) electrons. The Morgan fingerprint density at radius 3 is 1.73 bits per heavy atom. The van der Waals surface area contributed by atoms with Crippen LogP contribution in [0.25, 0.3) is 0 Å². The Balaban J connectivity index is 4.40. The Labute approximate surface area is 96.2 Å². The standard InChI is InChI=1S/C13H30N2/c1-10(2)7-13(8-14)15(12(5)6)9-11(3)4/h10-13H,7-9,14H2,1-6H3. The van der Waals surface area contributed by atoms with Crippen LogP contribution in [-0.2, 0) is 0 Å². The van der Waals surface area contributed by atoms with Gasteiger partial charge in [0.25, 0.3) is 0 Å². The largest absolute Gasteiger partial charge is 0.329 e. The Kier molecular flexibility index (Phi) is 7.20. The van der Waals surface area contributed by atoms with E-state index in [1.807, 2.05) is 0 Å². The molecule has 0 aliphatic rings. The first-order valence-corrected chi connectivity index (χ1v) is 6.34. The van der Waals surface area contributed by atoms with E-state index in [2.05, 4.69) is 46.4 Å². The van der Waals surface area contributed by atoms with Crippen molar-refractivity contribution in [2.45, 2.75) is 60.0 Å². The first-order valence-electron chi connectivity index (χ1n) is 6.34. The SMILES string of the molecule is CC(C)CC(CN)N(CC(C)C)C(C)C. The third-order valence-electron chi connectivity index (χ3n) is 2.72. The number of nitrogens with zero attached hydrogens (tertiary/aromatic N) is 1. The molecule has 0 aromatic heterocycles. The van der Waals surface area contributed by atoms with Gasteiger partial charge in [0.2, 0.25) is 0 Å². The zero-order valence-electron chi connectivity index (χ0n) is 11.5. The molecule has 0 fully saturated rings. The van der Waals surface area contributed by atoms with Gasteiger partial charge in [0.05, 0.1) is 0 Å². The molecule has 0 saturated carbocycles. The Morgan fingerprint density at radius 1 is 0.933 bits per heavy atom. The average molecular weight is 214 g/mol. The average Bonchev–Trinajstić information content (AvgIpc) is 2.09. The second-order valence-corrected chi connectivity index (χ2v) is 5.70. The van der Waals surface area contributed by atoms with Crippen molar-refractivity contribution < 1.29 is 0 Å². The van der Waals surface area contributed by atoms with Crippen molar-refractivity contribution in [3.8, 4) is 0 Å². The molecule has 92 valence electrons. The molecule has 0 saturated heterocycles. The second kappa shape index (κ2) is 7.24. The van der Waals surface area contributed by atoms with Gasteiger partial charge in [-0.15, -0.1) is 0 Å². The summed E-state index contributed by atoms with van der Waals surface area (Å²) in [6, 6.07) is 1.15. The molecule has 0 bridgehead atoms. The van der Waals surface area contributed by atoms with Gasteiger partial charge in [0.1, 0.15) is 0 Å². The van der Waals surface area contributed by atoms with E-state index in [-0.39, 0.29) is 0 Å². The molecule has 1 atom stereocenters. The number of rotatable bonds is 7. The monoisotopic (exact) mass is 214 g/mol. The maximum Gasteiger partial charge on any atom is 0.0223 e. The first-order chi connectivity index (χ1) is 6.88. The third-order valence-corrected chi connectivity index (χ3v) is 2.72. The molecular formula is C13H30N2. The van der Waals surface area contributed by atoms with E-state index in [4.69, 9.17) is 5.73 Å². The first kappa shape index (κ1) is 14.9. The zero-order valence-corrected chi connectivity index (χ0v) is 11.5. The highest BCUT2D eigenvalue weighted by molar-refractivity contribution is 4.77. The fraction of sp³-hybridized carbons (Fsp3) is 1.00. The van der Waals surface area contributed by atoms with Gasteiger partial charge < -0.3 is 5.73 Å². The molecule has 0 aliphatic heterocycles. The molecule has 1 unspecified atom stereocenters. The van der Waals surface area contributed by atoms with Gasteiger partial charge in [-0.2, -0.15) is 0 Å². The Morgan fingerprint density at radius 2 is 1.47 bits per heavy atom. The maximum atomic E-state index is 5.89. The molecule has 2 heteroatoms. The fourth-order valence-corrected chi connectivity index (χ4v) is 2.11. The number of nitrogens with two attached hydrogens (primary N) is 1. The van der Waals surface area contributed by atoms with Crippen LogP contribution in [0.1, 0.15) is 48.0 Å². The van der Waals surface area contributed by atoms with Crippen LogP contribution in [0.3, 0.4) is 0 Å². The van der Waals surface area contributed by atoms with Crippen LogP contribution in [0.2, 0.25) is 0 Å². The summed E-state index contributed by atoms with van der Waals surface area (Å²) in [5, 5.41) is 0. The predicted molar refractivity (Wildman–Crippen MR) is 69.0 cm³/mol. The Bertz CT molecular complexity index is 153. The predicted octanol–water partition coefficient (Wildman–Crippen LogP) is 2.73. The van der Waals surface area contributed by atoms with Gasteiger partial charge in [-0.05, 0) is 32.1 Å². The van der Waals surface area contributed by atoms with E-state index in [0.29, 0.717) is 18.0 Å². The normalized spacial score (nSPS) is 14.6. The van der Waals surface area contributed by atoms with Crippen molar-refractivity contribution in [1.82, 2.24) is 4.90 Å². The van der Waals surface area contributed by atoms with Crippen molar-refractivity contribution in [2.75, 3.05) is 13.1 Å². The highest BCUT2D eigenvalue weighted by atomic mass is 15.2. The topological polar surface area (TPSA) is 29.3 Å². The highest BCUT2D eigenvalue weighted by Crippen LogP contribution is 2.15. The van der Waals surface area contributed by atoms with Crippen LogP contribution in [0.5, 0.6) is 0 Å². The lowest BCUT2D eigenvalue weighted by Crippen LogP contribution is -2.47. The summed E-state index contributed by atoms with van der Waals surface area (Å²) in [5.74, 6) is 1.44. The lowest BCUT2D eigenvalue weighted by molar-refractivity contribution is 0.122. The lowest BCUT2D eigenvalue weighted by Gasteiger charge is -2.36. The van der Waals surface area contributed by atoms with Crippen LogP contribution >= 0.6 is 0 Å². The summed E-state index contributed by atoms with van der Waals surface area (Å²) in [7, 11) is 0. The zero-order chi connectivity index (χ0) is 12.0. The summed E-state index contributed by atoms with van der Waals surface area (Å²) < 4.78 is 0. The molecule has 0 aliphatic carbocycles. The minimum atomic E-state index is 0.549. The molecule has 0 spiro atoms. The number of hydrogen-bond donors (Lipinski definition) is 1. The van der Waals surface area contributed by atoms with Crippen LogP contribution in [0.4, 0.5) is 0 Å². The quantitative estimate of drug-likeness (QED) is 0.706. The van der Waals surface area contributed by atoms with Crippen LogP contribution in [0, 0.1) is 11.8 Å². The van der Waals surface area contributed by atoms with Gasteiger partial charge in [-0.1, -0.05) is 27.7 Å². The molecule has 2 N–H and O–H groups in total. The van der Waals surface area contributed by atoms with E-state index in [0.717, 1.165) is 19.0 Å². The minimum Gasteiger partial charge on any atom is -0.329 e. The molecule has 0 heterocycles. The van der Waals surface area contributed by atoms with E-state index >= 15 is 0 Å². The van der Waals surface area contributed by atoms with E-state index in [1.165, 1.54) is 6.42 Å². The summed E-state index contributed by atoms with van der Waals surface area (Å²) in [6.45, 7) is 15.6. The minimum absolute atomic E-state index is 0.549. The van der Waals surface area contributed by atoms with Crippen molar-refractivity contribution >= 4 is 0 Å². The van der Waals surface area contributed by atoms with Crippen LogP contribution in [0.15, 0.2) is 0 Å². The van der Waals surface area contributed by atoms with Crippen molar-refractivity contribution in [3.63, 3.8) is 0 Å². The maximum absolute atomic E-state index is 5.89. The lowest BCUT2D eigenvalue weighted by atomic mass is 10.00. The molecule has 2 nitrogen and oxygen atoms in total. The van der Waals surface area contributed by atoms with E-state index in [9.17, 15) is 0 Å². The summed E-state index contributed by atoms with van der Waals surface area (Å²) in [4.78, 5) is 2.56. The van der Waals surface area contributed by atoms with Crippen molar-refractivity contribution in [2.24, 2.45) is 17.6 Å². The van der Waals surface area contributed by atoms with Crippen molar-refractivity contribution in [1.29, 1.82) is 0 Å². The van der Waals surface area contributed by atoms with Gasteiger partial charge in [0, 0.05) is 25.2 Å². The van der Waals surface area contributed by atoms with Crippen LogP contribution < -0.4 is 5.73 Å². The molecule has 15 heavy (non-hydrogen) atoms. The van der Waals surface area contributed by atoms with Gasteiger partial charge >= 0.3 is 0 Å². The third kappa shape index (κ3) is 6.16. The molecule has 0 aromatic rings. The highest BCUT2D eigenvalue weighted by Gasteiger charge is 2.21. The molecule has 0 amide bonds. The smallest absolute Gasteiger partial charge is 0.0223 e. The summed E-state index contributed by atoms with van der Waals surface area (Å²) in [6.07, 6.45) is 1.21. The molecule has 0 aromatic carbocycles. The second-order valence-electron chi connectivity index (χ2n) is 5.70. The summed E-state index contributed by atoms with van der Waals surface area (Å²) >= 11 is 0. The van der Waals surface area contributed by atoms with Gasteiger partial charge in [-0.3, -0.25) is 4.90 Å². The fourth-order valence-electron chi connectivity index (χ4n) is 2.11. The van der Waals surface area contributed by atoms with Gasteiger partial charge in [0.15, 0.2) is 0 Å².